The molecule has 0 unspecified atom stereocenters. The van der Waals surface area contributed by atoms with Crippen molar-refractivity contribution in [2.75, 3.05) is 44.2 Å². The number of alkyl halides is 3. The van der Waals surface area contributed by atoms with E-state index >= 15 is 0 Å². The molecular formula is C21H28F3N3O5S. The van der Waals surface area contributed by atoms with Crippen LogP contribution in [0.1, 0.15) is 48.9 Å². The Labute approximate surface area is 191 Å². The van der Waals surface area contributed by atoms with Crippen molar-refractivity contribution in [2.45, 2.75) is 49.6 Å². The number of amides is 1. The van der Waals surface area contributed by atoms with Crippen LogP contribution in [0.4, 0.5) is 18.9 Å². The minimum atomic E-state index is -4.58. The first-order chi connectivity index (χ1) is 15.6. The molecule has 33 heavy (non-hydrogen) atoms. The topological polar surface area (TPSA) is 96.0 Å². The number of rotatable bonds is 7. The summed E-state index contributed by atoms with van der Waals surface area (Å²) in [7, 11) is -3.87. The Morgan fingerprint density at radius 2 is 1.58 bits per heavy atom. The van der Waals surface area contributed by atoms with Crippen molar-refractivity contribution in [3.05, 3.63) is 23.8 Å². The van der Waals surface area contributed by atoms with Crippen LogP contribution in [0.5, 0.6) is 0 Å². The van der Waals surface area contributed by atoms with Gasteiger partial charge in [0, 0.05) is 26.2 Å². The van der Waals surface area contributed by atoms with Gasteiger partial charge in [0.1, 0.15) is 11.4 Å². The summed E-state index contributed by atoms with van der Waals surface area (Å²) in [6.07, 6.45) is 0.807. The van der Waals surface area contributed by atoms with Gasteiger partial charge in [-0.15, -0.1) is 0 Å². The molecule has 0 atom stereocenters. The Morgan fingerprint density at radius 1 is 0.970 bits per heavy atom. The van der Waals surface area contributed by atoms with Crippen LogP contribution in [0, 0.1) is 0 Å². The average Bonchev–Trinajstić information content (AvgIpc) is 2.81. The third-order valence-electron chi connectivity index (χ3n) is 5.65. The quantitative estimate of drug-likeness (QED) is 0.590. The first kappa shape index (κ1) is 25.3. The van der Waals surface area contributed by atoms with Gasteiger partial charge in [-0.25, -0.2) is 13.2 Å². The van der Waals surface area contributed by atoms with E-state index in [1.807, 2.05) is 4.90 Å². The summed E-state index contributed by atoms with van der Waals surface area (Å²) in [5.74, 6) is -2.09. The van der Waals surface area contributed by atoms with Gasteiger partial charge >= 0.3 is 12.1 Å². The van der Waals surface area contributed by atoms with Gasteiger partial charge in [-0.2, -0.15) is 17.5 Å². The van der Waals surface area contributed by atoms with E-state index in [2.05, 4.69) is 0 Å². The van der Waals surface area contributed by atoms with Crippen molar-refractivity contribution in [2.24, 2.45) is 0 Å². The molecule has 3 rings (SSSR count). The fraction of sp³-hybridized carbons (Fsp3) is 0.619. The van der Waals surface area contributed by atoms with Gasteiger partial charge in [-0.1, -0.05) is 6.42 Å². The number of carbonyl (C=O) groups excluding carboxylic acids is 2. The molecule has 2 saturated heterocycles. The number of hydrogen-bond acceptors (Lipinski definition) is 6. The summed E-state index contributed by atoms with van der Waals surface area (Å²) in [4.78, 5) is 26.0. The highest BCUT2D eigenvalue weighted by Gasteiger charge is 2.31. The smallest absolute Gasteiger partial charge is 0.405 e. The third-order valence-corrected chi connectivity index (χ3v) is 7.57. The molecule has 2 aliphatic rings. The molecular weight excluding hydrogens is 463 g/mol. The lowest BCUT2D eigenvalue weighted by atomic mass is 10.1. The highest BCUT2D eigenvalue weighted by molar-refractivity contribution is 7.89. The van der Waals surface area contributed by atoms with Crippen LogP contribution >= 0.6 is 0 Å². The number of benzene rings is 1. The molecule has 184 valence electrons. The predicted molar refractivity (Wildman–Crippen MR) is 114 cm³/mol. The standard InChI is InChI=1S/C21H28F3N3O5S/c22-21(23,24)15-25-19(28)14-32-20(29)16-7-8-17(26-9-3-1-4-10-26)18(13-16)33(30,31)27-11-5-2-6-12-27/h7-8,13H,1-6,9-12,14-15H2,(H,25,28). The molecule has 2 fully saturated rings. The summed E-state index contributed by atoms with van der Waals surface area (Å²) in [5, 5.41) is 1.61. The molecule has 0 aliphatic carbocycles. The van der Waals surface area contributed by atoms with Crippen LogP contribution < -0.4 is 10.2 Å². The van der Waals surface area contributed by atoms with Crippen molar-refractivity contribution >= 4 is 27.6 Å². The molecule has 2 heterocycles. The molecule has 0 aromatic heterocycles. The van der Waals surface area contributed by atoms with E-state index in [4.69, 9.17) is 4.74 Å². The van der Waals surface area contributed by atoms with Crippen LogP contribution in [0.25, 0.3) is 0 Å². The zero-order valence-corrected chi connectivity index (χ0v) is 19.0. The lowest BCUT2D eigenvalue weighted by Gasteiger charge is -2.33. The minimum absolute atomic E-state index is 0.00210. The zero-order valence-electron chi connectivity index (χ0n) is 18.2. The Balaban J connectivity index is 1.81. The van der Waals surface area contributed by atoms with Crippen molar-refractivity contribution in [3.63, 3.8) is 0 Å². The molecule has 1 aromatic rings. The molecule has 2 aliphatic heterocycles. The fourth-order valence-electron chi connectivity index (χ4n) is 3.95. The number of nitrogens with one attached hydrogen (secondary N) is 1. The molecule has 1 aromatic carbocycles. The van der Waals surface area contributed by atoms with E-state index in [0.717, 1.165) is 38.5 Å². The fourth-order valence-corrected chi connectivity index (χ4v) is 5.71. The molecule has 1 amide bonds. The van der Waals surface area contributed by atoms with Gasteiger partial charge in [0.15, 0.2) is 6.61 Å². The van der Waals surface area contributed by atoms with E-state index in [0.29, 0.717) is 31.9 Å². The number of nitrogens with zero attached hydrogens (tertiary/aromatic N) is 2. The predicted octanol–water partition coefficient (Wildman–Crippen LogP) is 2.69. The molecule has 0 saturated carbocycles. The van der Waals surface area contributed by atoms with Crippen molar-refractivity contribution in [1.82, 2.24) is 9.62 Å². The maximum Gasteiger partial charge on any atom is 0.405 e. The van der Waals surface area contributed by atoms with Gasteiger partial charge in [0.05, 0.1) is 11.3 Å². The van der Waals surface area contributed by atoms with Gasteiger partial charge < -0.3 is 15.0 Å². The summed E-state index contributed by atoms with van der Waals surface area (Å²) >= 11 is 0. The Hall–Kier alpha value is -2.34. The number of esters is 1. The van der Waals surface area contributed by atoms with Crippen LogP contribution in [0.3, 0.4) is 0 Å². The van der Waals surface area contributed by atoms with Gasteiger partial charge in [0.2, 0.25) is 10.0 Å². The largest absolute Gasteiger partial charge is 0.452 e. The minimum Gasteiger partial charge on any atom is -0.452 e. The van der Waals surface area contributed by atoms with Gasteiger partial charge in [0.25, 0.3) is 5.91 Å². The second-order valence-electron chi connectivity index (χ2n) is 8.16. The Bertz CT molecular complexity index is 956. The van der Waals surface area contributed by atoms with Crippen LogP contribution in [0.15, 0.2) is 23.1 Å². The highest BCUT2D eigenvalue weighted by Crippen LogP contribution is 2.32. The number of ether oxygens (including phenoxy) is 1. The van der Waals surface area contributed by atoms with E-state index in [9.17, 15) is 31.2 Å². The van der Waals surface area contributed by atoms with Gasteiger partial charge in [-0.05, 0) is 50.3 Å². The summed E-state index contributed by atoms with van der Waals surface area (Å²) < 4.78 is 69.7. The summed E-state index contributed by atoms with van der Waals surface area (Å²) in [5.41, 5.74) is 0.426. The number of hydrogen-bond donors (Lipinski definition) is 1. The number of sulfonamides is 1. The number of halogens is 3. The average molecular weight is 492 g/mol. The molecule has 1 N–H and O–H groups in total. The van der Waals surface area contributed by atoms with E-state index in [1.165, 1.54) is 16.4 Å². The monoisotopic (exact) mass is 491 g/mol. The van der Waals surface area contributed by atoms with Crippen LogP contribution in [-0.2, 0) is 19.6 Å². The van der Waals surface area contributed by atoms with Crippen molar-refractivity contribution < 1.29 is 35.9 Å². The second-order valence-corrected chi connectivity index (χ2v) is 10.1. The van der Waals surface area contributed by atoms with Crippen molar-refractivity contribution in [1.29, 1.82) is 0 Å². The lowest BCUT2D eigenvalue weighted by Crippen LogP contribution is -2.38. The van der Waals surface area contributed by atoms with E-state index in [1.54, 1.807) is 11.4 Å². The first-order valence-corrected chi connectivity index (χ1v) is 12.4. The van der Waals surface area contributed by atoms with Crippen molar-refractivity contribution in [3.8, 4) is 0 Å². The lowest BCUT2D eigenvalue weighted by molar-refractivity contribution is -0.140. The Morgan fingerprint density at radius 3 is 2.18 bits per heavy atom. The number of piperidine rings is 2. The maximum atomic E-state index is 13.4. The van der Waals surface area contributed by atoms with Crippen LogP contribution in [-0.4, -0.2) is 70.1 Å². The third kappa shape index (κ3) is 6.83. The first-order valence-electron chi connectivity index (χ1n) is 11.0. The van der Waals surface area contributed by atoms with Crippen LogP contribution in [0.2, 0.25) is 0 Å². The number of anilines is 1. The molecule has 0 radical (unpaired) electrons. The molecule has 12 heteroatoms. The Kier molecular flexibility index (Phi) is 8.22. The molecule has 0 bridgehead atoms. The number of carbonyl (C=O) groups is 2. The highest BCUT2D eigenvalue weighted by atomic mass is 32.2. The SMILES string of the molecule is O=C(COC(=O)c1ccc(N2CCCCC2)c(S(=O)(=O)N2CCCCC2)c1)NCC(F)(F)F. The summed E-state index contributed by atoms with van der Waals surface area (Å²) in [6, 6.07) is 4.21. The molecule has 8 nitrogen and oxygen atoms in total. The van der Waals surface area contributed by atoms with Gasteiger partial charge in [-0.3, -0.25) is 4.79 Å². The normalized spacial score (nSPS) is 18.1. The maximum absolute atomic E-state index is 13.4. The second kappa shape index (κ2) is 10.7. The van der Waals surface area contributed by atoms with E-state index in [-0.39, 0.29) is 10.5 Å². The molecule has 0 spiro atoms. The zero-order chi connectivity index (χ0) is 24.1. The van der Waals surface area contributed by atoms with E-state index < -0.39 is 41.2 Å². The summed E-state index contributed by atoms with van der Waals surface area (Å²) in [6.45, 7) is -0.244.